The highest BCUT2D eigenvalue weighted by Crippen LogP contribution is 2.20. The molecule has 0 amide bonds. The first-order chi connectivity index (χ1) is 8.27. The lowest BCUT2D eigenvalue weighted by Gasteiger charge is -2.12. The second-order valence-corrected chi connectivity index (χ2v) is 6.25. The van der Waals surface area contributed by atoms with Gasteiger partial charge in [0, 0.05) is 17.8 Å². The minimum Gasteiger partial charge on any atom is -0.398 e. The van der Waals surface area contributed by atoms with Crippen molar-refractivity contribution in [2.75, 3.05) is 12.3 Å². The van der Waals surface area contributed by atoms with Gasteiger partial charge in [0.2, 0.25) is 10.0 Å². The van der Waals surface area contributed by atoms with Crippen LogP contribution in [0.3, 0.4) is 0 Å². The Bertz CT molecular complexity index is 506. The highest BCUT2D eigenvalue weighted by Gasteiger charge is 2.17. The Morgan fingerprint density at radius 1 is 1.44 bits per heavy atom. The number of anilines is 1. The van der Waals surface area contributed by atoms with Crippen molar-refractivity contribution in [3.05, 3.63) is 23.5 Å². The molecule has 18 heavy (non-hydrogen) atoms. The van der Waals surface area contributed by atoms with Crippen molar-refractivity contribution in [2.45, 2.75) is 32.1 Å². The molecular formula is C12H19FN2O2S. The van der Waals surface area contributed by atoms with Gasteiger partial charge in [0.1, 0.15) is 5.82 Å². The fraction of sp³-hybridized carbons (Fsp3) is 0.500. The van der Waals surface area contributed by atoms with E-state index in [1.807, 2.05) is 13.8 Å². The highest BCUT2D eigenvalue weighted by atomic mass is 32.2. The number of nitrogen functional groups attached to an aromatic ring is 1. The molecule has 0 radical (unpaired) electrons. The smallest absolute Gasteiger partial charge is 0.240 e. The Balaban J connectivity index is 2.99. The quantitative estimate of drug-likeness (QED) is 0.807. The average molecular weight is 274 g/mol. The van der Waals surface area contributed by atoms with Crippen molar-refractivity contribution in [3.8, 4) is 0 Å². The van der Waals surface area contributed by atoms with Crippen molar-refractivity contribution in [3.63, 3.8) is 0 Å². The van der Waals surface area contributed by atoms with Gasteiger partial charge in [-0.15, -0.1) is 0 Å². The van der Waals surface area contributed by atoms with Crippen molar-refractivity contribution in [2.24, 2.45) is 5.92 Å². The molecule has 0 aliphatic heterocycles. The van der Waals surface area contributed by atoms with E-state index in [-0.39, 0.29) is 22.1 Å². The monoisotopic (exact) mass is 274 g/mol. The zero-order valence-corrected chi connectivity index (χ0v) is 11.6. The van der Waals surface area contributed by atoms with E-state index >= 15 is 0 Å². The summed E-state index contributed by atoms with van der Waals surface area (Å²) in [6.45, 7) is 5.75. The third-order valence-corrected chi connectivity index (χ3v) is 4.39. The molecule has 0 bridgehead atoms. The Labute approximate surface area is 107 Å². The molecule has 3 N–H and O–H groups in total. The normalized spacial score (nSPS) is 13.6. The average Bonchev–Trinajstić information content (AvgIpc) is 2.32. The molecule has 1 unspecified atom stereocenters. The van der Waals surface area contributed by atoms with E-state index in [1.54, 1.807) is 0 Å². The zero-order valence-electron chi connectivity index (χ0n) is 10.8. The van der Waals surface area contributed by atoms with E-state index in [9.17, 15) is 12.8 Å². The number of rotatable bonds is 5. The van der Waals surface area contributed by atoms with Gasteiger partial charge in [-0.2, -0.15) is 0 Å². The Morgan fingerprint density at radius 2 is 2.06 bits per heavy atom. The molecular weight excluding hydrogens is 255 g/mol. The summed E-state index contributed by atoms with van der Waals surface area (Å²) in [6.07, 6.45) is 0.868. The third-order valence-electron chi connectivity index (χ3n) is 2.99. The molecule has 0 saturated heterocycles. The van der Waals surface area contributed by atoms with Crippen LogP contribution < -0.4 is 10.5 Å². The van der Waals surface area contributed by atoms with Crippen LogP contribution >= 0.6 is 0 Å². The molecule has 0 saturated carbocycles. The van der Waals surface area contributed by atoms with Gasteiger partial charge in [-0.1, -0.05) is 20.3 Å². The maximum absolute atomic E-state index is 13.5. The number of sulfonamides is 1. The lowest BCUT2D eigenvalue weighted by atomic mass is 10.1. The topological polar surface area (TPSA) is 72.2 Å². The summed E-state index contributed by atoms with van der Waals surface area (Å²) in [5, 5.41) is 0. The Hall–Kier alpha value is -1.14. The fourth-order valence-corrected chi connectivity index (χ4v) is 2.52. The lowest BCUT2D eigenvalue weighted by molar-refractivity contribution is 0.527. The van der Waals surface area contributed by atoms with E-state index in [2.05, 4.69) is 4.72 Å². The minimum absolute atomic E-state index is 0.133. The molecule has 102 valence electrons. The zero-order chi connectivity index (χ0) is 13.9. The number of halogens is 1. The van der Waals surface area contributed by atoms with Crippen molar-refractivity contribution in [1.82, 2.24) is 4.72 Å². The summed E-state index contributed by atoms with van der Waals surface area (Å²) in [5.74, 6) is -0.383. The van der Waals surface area contributed by atoms with Crippen LogP contribution in [0.4, 0.5) is 10.1 Å². The minimum atomic E-state index is -3.70. The SMILES string of the molecule is CCC(C)CNS(=O)(=O)c1cc(N)c(C)c(F)c1. The maximum Gasteiger partial charge on any atom is 0.240 e. The summed E-state index contributed by atoms with van der Waals surface area (Å²) in [5.41, 5.74) is 5.97. The summed E-state index contributed by atoms with van der Waals surface area (Å²) >= 11 is 0. The van der Waals surface area contributed by atoms with Gasteiger partial charge < -0.3 is 5.73 Å². The van der Waals surface area contributed by atoms with Crippen molar-refractivity contribution < 1.29 is 12.8 Å². The number of nitrogens with two attached hydrogens (primary N) is 1. The lowest BCUT2D eigenvalue weighted by Crippen LogP contribution is -2.28. The summed E-state index contributed by atoms with van der Waals surface area (Å²) in [4.78, 5) is -0.133. The van der Waals surface area contributed by atoms with E-state index in [1.165, 1.54) is 13.0 Å². The molecule has 0 spiro atoms. The van der Waals surface area contributed by atoms with Crippen molar-refractivity contribution >= 4 is 15.7 Å². The molecule has 0 aliphatic carbocycles. The molecule has 6 heteroatoms. The van der Waals surface area contributed by atoms with Crippen LogP contribution in [0.25, 0.3) is 0 Å². The van der Waals surface area contributed by atoms with Crippen LogP contribution in [0.5, 0.6) is 0 Å². The van der Waals surface area contributed by atoms with Gasteiger partial charge in [0.15, 0.2) is 0 Å². The van der Waals surface area contributed by atoms with Gasteiger partial charge in [0.25, 0.3) is 0 Å². The third kappa shape index (κ3) is 3.43. The van der Waals surface area contributed by atoms with Crippen LogP contribution in [0.15, 0.2) is 17.0 Å². The van der Waals surface area contributed by atoms with Crippen LogP contribution in [-0.4, -0.2) is 15.0 Å². The largest absolute Gasteiger partial charge is 0.398 e. The number of benzene rings is 1. The fourth-order valence-electron chi connectivity index (χ4n) is 1.31. The van der Waals surface area contributed by atoms with E-state index in [0.29, 0.717) is 6.54 Å². The molecule has 0 aromatic heterocycles. The van der Waals surface area contributed by atoms with Gasteiger partial charge in [-0.05, 0) is 25.0 Å². The second kappa shape index (κ2) is 5.67. The van der Waals surface area contributed by atoms with Gasteiger partial charge in [0.05, 0.1) is 4.90 Å². The van der Waals surface area contributed by atoms with Crippen LogP contribution in [-0.2, 0) is 10.0 Å². The molecule has 0 aliphatic rings. The highest BCUT2D eigenvalue weighted by molar-refractivity contribution is 7.89. The van der Waals surface area contributed by atoms with E-state index < -0.39 is 15.8 Å². The first kappa shape index (κ1) is 14.9. The van der Waals surface area contributed by atoms with Gasteiger partial charge >= 0.3 is 0 Å². The molecule has 1 aromatic carbocycles. The molecule has 4 nitrogen and oxygen atoms in total. The number of hydrogen-bond donors (Lipinski definition) is 2. The first-order valence-corrected chi connectivity index (χ1v) is 7.31. The maximum atomic E-state index is 13.5. The second-order valence-electron chi connectivity index (χ2n) is 4.48. The molecule has 0 fully saturated rings. The van der Waals surface area contributed by atoms with Gasteiger partial charge in [-0.25, -0.2) is 17.5 Å². The van der Waals surface area contributed by atoms with Crippen LogP contribution in [0.2, 0.25) is 0 Å². The van der Waals surface area contributed by atoms with E-state index in [0.717, 1.165) is 12.5 Å². The molecule has 1 aromatic rings. The van der Waals surface area contributed by atoms with Crippen LogP contribution in [0, 0.1) is 18.7 Å². The van der Waals surface area contributed by atoms with E-state index in [4.69, 9.17) is 5.73 Å². The van der Waals surface area contributed by atoms with Gasteiger partial charge in [-0.3, -0.25) is 0 Å². The summed E-state index contributed by atoms with van der Waals surface area (Å²) < 4.78 is 39.8. The standard InChI is InChI=1S/C12H19FN2O2S/c1-4-8(2)7-15-18(16,17)10-5-11(13)9(3)12(14)6-10/h5-6,8,15H,4,7,14H2,1-3H3. The number of nitrogens with one attached hydrogen (secondary N) is 1. The Kier molecular flexibility index (Phi) is 4.70. The molecule has 1 rings (SSSR count). The predicted molar refractivity (Wildman–Crippen MR) is 70.2 cm³/mol. The summed E-state index contributed by atoms with van der Waals surface area (Å²) in [7, 11) is -3.70. The number of hydrogen-bond acceptors (Lipinski definition) is 3. The molecule has 1 atom stereocenters. The van der Waals surface area contributed by atoms with Crippen LogP contribution in [0.1, 0.15) is 25.8 Å². The first-order valence-electron chi connectivity index (χ1n) is 5.83. The Morgan fingerprint density at radius 3 is 2.56 bits per heavy atom. The van der Waals surface area contributed by atoms with Crippen molar-refractivity contribution in [1.29, 1.82) is 0 Å². The summed E-state index contributed by atoms with van der Waals surface area (Å²) in [6, 6.07) is 2.27. The molecule has 0 heterocycles. The predicted octanol–water partition coefficient (Wildman–Crippen LogP) is 2.04.